The first-order valence-electron chi connectivity index (χ1n) is 13.8. The summed E-state index contributed by atoms with van der Waals surface area (Å²) in [6.07, 6.45) is 8.30. The molecule has 0 fully saturated rings. The van der Waals surface area contributed by atoms with Gasteiger partial charge in [-0.3, -0.25) is 0 Å². The lowest BCUT2D eigenvalue weighted by molar-refractivity contribution is 0.0439. The minimum atomic E-state index is -1.16. The second-order valence-corrected chi connectivity index (χ2v) is 9.86. The average Bonchev–Trinajstić information content (AvgIpc) is 2.95. The Labute approximate surface area is 226 Å². The van der Waals surface area contributed by atoms with E-state index in [1.807, 2.05) is 62.4 Å². The molecule has 0 aliphatic rings. The summed E-state index contributed by atoms with van der Waals surface area (Å²) in [6, 6.07) is 20.6. The molecular weight excluding hydrogens is 476 g/mol. The molecule has 3 aromatic carbocycles. The molecule has 5 heteroatoms. The Morgan fingerprint density at radius 1 is 0.789 bits per heavy atom. The second-order valence-electron chi connectivity index (χ2n) is 9.86. The summed E-state index contributed by atoms with van der Waals surface area (Å²) >= 11 is 0. The van der Waals surface area contributed by atoms with Gasteiger partial charge in [0.05, 0.1) is 24.3 Å². The van der Waals surface area contributed by atoms with Crippen molar-refractivity contribution in [3.05, 3.63) is 77.9 Å². The van der Waals surface area contributed by atoms with Crippen LogP contribution in [0.2, 0.25) is 0 Å². The Kier molecular flexibility index (Phi) is 11.4. The molecule has 1 atom stereocenters. The molecule has 5 nitrogen and oxygen atoms in total. The SMILES string of the molecule is CCCCCCCCOc1ccc(-c2ccc(-c3cccc(C(=O)OCC(C)CC)c3C(=O)O)cc2)cc1. The summed E-state index contributed by atoms with van der Waals surface area (Å²) in [5.41, 5.74) is 3.30. The zero-order valence-corrected chi connectivity index (χ0v) is 22.9. The van der Waals surface area contributed by atoms with E-state index in [2.05, 4.69) is 6.92 Å². The quantitative estimate of drug-likeness (QED) is 0.162. The van der Waals surface area contributed by atoms with Crippen LogP contribution in [0.3, 0.4) is 0 Å². The molecule has 1 unspecified atom stereocenters. The van der Waals surface area contributed by atoms with E-state index in [-0.39, 0.29) is 23.7 Å². The molecule has 38 heavy (non-hydrogen) atoms. The van der Waals surface area contributed by atoms with Crippen LogP contribution in [0.1, 0.15) is 86.4 Å². The van der Waals surface area contributed by atoms with Crippen LogP contribution in [-0.2, 0) is 4.74 Å². The van der Waals surface area contributed by atoms with Crippen molar-refractivity contribution < 1.29 is 24.2 Å². The highest BCUT2D eigenvalue weighted by atomic mass is 16.5. The highest BCUT2D eigenvalue weighted by Crippen LogP contribution is 2.30. The number of ether oxygens (including phenoxy) is 2. The van der Waals surface area contributed by atoms with Crippen molar-refractivity contribution >= 4 is 11.9 Å². The Bertz CT molecular complexity index is 1160. The van der Waals surface area contributed by atoms with Crippen LogP contribution >= 0.6 is 0 Å². The van der Waals surface area contributed by atoms with E-state index in [1.165, 1.54) is 38.2 Å². The van der Waals surface area contributed by atoms with Crippen LogP contribution in [0.15, 0.2) is 66.7 Å². The number of esters is 1. The number of carboxylic acid groups (broad SMARTS) is 1. The molecule has 0 saturated heterocycles. The monoisotopic (exact) mass is 516 g/mol. The van der Waals surface area contributed by atoms with E-state index in [0.29, 0.717) is 5.56 Å². The molecule has 0 aliphatic heterocycles. The molecule has 0 amide bonds. The average molecular weight is 517 g/mol. The number of rotatable bonds is 15. The zero-order chi connectivity index (χ0) is 27.3. The van der Waals surface area contributed by atoms with E-state index < -0.39 is 11.9 Å². The third-order valence-electron chi connectivity index (χ3n) is 6.84. The van der Waals surface area contributed by atoms with Gasteiger partial charge < -0.3 is 14.6 Å². The highest BCUT2D eigenvalue weighted by Gasteiger charge is 2.22. The van der Waals surface area contributed by atoms with E-state index in [1.54, 1.807) is 12.1 Å². The molecule has 0 radical (unpaired) electrons. The predicted molar refractivity (Wildman–Crippen MR) is 153 cm³/mol. The van der Waals surface area contributed by atoms with Crippen LogP contribution in [0.25, 0.3) is 22.3 Å². The summed E-state index contributed by atoms with van der Waals surface area (Å²) in [5, 5.41) is 9.94. The number of carbonyl (C=O) groups excluding carboxylic acids is 1. The molecule has 0 aromatic heterocycles. The van der Waals surface area contributed by atoms with Crippen molar-refractivity contribution in [1.82, 2.24) is 0 Å². The van der Waals surface area contributed by atoms with E-state index >= 15 is 0 Å². The van der Waals surface area contributed by atoms with Crippen LogP contribution in [-0.4, -0.2) is 30.3 Å². The van der Waals surface area contributed by atoms with E-state index in [0.717, 1.165) is 41.9 Å². The van der Waals surface area contributed by atoms with Crippen molar-refractivity contribution in [2.45, 2.75) is 65.7 Å². The van der Waals surface area contributed by atoms with Gasteiger partial charge in [-0.15, -0.1) is 0 Å². The van der Waals surface area contributed by atoms with Gasteiger partial charge in [0, 0.05) is 0 Å². The Morgan fingerprint density at radius 2 is 1.39 bits per heavy atom. The van der Waals surface area contributed by atoms with Gasteiger partial charge in [-0.05, 0) is 52.8 Å². The predicted octanol–water partition coefficient (Wildman–Crippen LogP) is 8.66. The lowest BCUT2D eigenvalue weighted by atomic mass is 9.94. The molecule has 0 spiro atoms. The van der Waals surface area contributed by atoms with Crippen molar-refractivity contribution in [2.75, 3.05) is 13.2 Å². The summed E-state index contributed by atoms with van der Waals surface area (Å²) < 4.78 is 11.3. The Morgan fingerprint density at radius 3 is 2.03 bits per heavy atom. The first kappa shape index (κ1) is 29.0. The van der Waals surface area contributed by atoms with Gasteiger partial charge in [0.25, 0.3) is 0 Å². The van der Waals surface area contributed by atoms with Crippen LogP contribution in [0.5, 0.6) is 5.75 Å². The number of benzene rings is 3. The number of hydrogen-bond acceptors (Lipinski definition) is 4. The molecule has 3 aromatic rings. The van der Waals surface area contributed by atoms with Crippen molar-refractivity contribution in [2.24, 2.45) is 5.92 Å². The molecule has 0 bridgehead atoms. The number of unbranched alkanes of at least 4 members (excludes halogenated alkanes) is 5. The van der Waals surface area contributed by atoms with Gasteiger partial charge in [0.15, 0.2) is 0 Å². The largest absolute Gasteiger partial charge is 0.494 e. The minimum Gasteiger partial charge on any atom is -0.494 e. The third kappa shape index (κ3) is 8.20. The molecular formula is C33H40O5. The van der Waals surface area contributed by atoms with Gasteiger partial charge in [0.1, 0.15) is 5.75 Å². The zero-order valence-electron chi connectivity index (χ0n) is 22.9. The Hall–Kier alpha value is -3.60. The van der Waals surface area contributed by atoms with Crippen LogP contribution < -0.4 is 4.74 Å². The number of carbonyl (C=O) groups is 2. The fourth-order valence-corrected chi connectivity index (χ4v) is 4.27. The topological polar surface area (TPSA) is 72.8 Å². The minimum absolute atomic E-state index is 0.0405. The summed E-state index contributed by atoms with van der Waals surface area (Å²) in [4.78, 5) is 24.8. The van der Waals surface area contributed by atoms with Crippen molar-refractivity contribution in [1.29, 1.82) is 0 Å². The molecule has 202 valence electrons. The summed E-state index contributed by atoms with van der Waals surface area (Å²) in [7, 11) is 0. The highest BCUT2D eigenvalue weighted by molar-refractivity contribution is 6.07. The number of hydrogen-bond donors (Lipinski definition) is 1. The summed E-state index contributed by atoms with van der Waals surface area (Å²) in [5.74, 6) is -0.692. The van der Waals surface area contributed by atoms with Gasteiger partial charge in [-0.25, -0.2) is 9.59 Å². The smallest absolute Gasteiger partial charge is 0.339 e. The van der Waals surface area contributed by atoms with Gasteiger partial charge >= 0.3 is 11.9 Å². The van der Waals surface area contributed by atoms with Gasteiger partial charge in [0.2, 0.25) is 0 Å². The van der Waals surface area contributed by atoms with Crippen molar-refractivity contribution in [3.8, 4) is 28.0 Å². The molecule has 3 rings (SSSR count). The lowest BCUT2D eigenvalue weighted by Gasteiger charge is -2.14. The van der Waals surface area contributed by atoms with Crippen LogP contribution in [0.4, 0.5) is 0 Å². The van der Waals surface area contributed by atoms with E-state index in [9.17, 15) is 14.7 Å². The van der Waals surface area contributed by atoms with Gasteiger partial charge in [-0.2, -0.15) is 0 Å². The number of carboxylic acids is 1. The normalized spacial score (nSPS) is 11.7. The first-order valence-corrected chi connectivity index (χ1v) is 13.8. The summed E-state index contributed by atoms with van der Waals surface area (Å²) in [6.45, 7) is 7.22. The first-order chi connectivity index (χ1) is 18.4. The van der Waals surface area contributed by atoms with E-state index in [4.69, 9.17) is 9.47 Å². The standard InChI is InChI=1S/C33H40O5/c1-4-6-7-8-9-10-22-37-28-20-18-26(19-21-28)25-14-16-27(17-15-25)29-12-11-13-30(31(29)32(34)35)33(36)38-23-24(3)5-2/h11-21,24H,4-10,22-23H2,1-3H3,(H,34,35). The molecule has 0 aliphatic carbocycles. The van der Waals surface area contributed by atoms with Gasteiger partial charge in [-0.1, -0.05) is 108 Å². The molecule has 0 heterocycles. The van der Waals surface area contributed by atoms with Crippen LogP contribution in [0, 0.1) is 5.92 Å². The lowest BCUT2D eigenvalue weighted by Crippen LogP contribution is -2.16. The Balaban J connectivity index is 1.68. The van der Waals surface area contributed by atoms with Crippen molar-refractivity contribution in [3.63, 3.8) is 0 Å². The maximum absolute atomic E-state index is 12.7. The fraction of sp³-hybridized carbons (Fsp3) is 0.394. The fourth-order valence-electron chi connectivity index (χ4n) is 4.27. The third-order valence-corrected chi connectivity index (χ3v) is 6.84. The maximum atomic E-state index is 12.7. The maximum Gasteiger partial charge on any atom is 0.339 e. The molecule has 0 saturated carbocycles. The number of aromatic carboxylic acids is 1. The second kappa shape index (κ2) is 15.0. The molecule has 1 N–H and O–H groups in total.